The summed E-state index contributed by atoms with van der Waals surface area (Å²) in [5.41, 5.74) is 4.17. The van der Waals surface area contributed by atoms with E-state index in [4.69, 9.17) is 0 Å². The second-order valence-corrected chi connectivity index (χ2v) is 12.9. The van der Waals surface area contributed by atoms with Crippen LogP contribution in [0, 0.1) is 12.8 Å². The summed E-state index contributed by atoms with van der Waals surface area (Å²) in [7, 11) is 0. The van der Waals surface area contributed by atoms with Crippen LogP contribution in [-0.2, 0) is 16.1 Å². The Kier molecular flexibility index (Phi) is 12.3. The lowest BCUT2D eigenvalue weighted by Gasteiger charge is -2.33. The molecule has 0 spiro atoms. The Balaban J connectivity index is 1.57. The molecule has 0 aromatic heterocycles. The molecule has 1 saturated carbocycles. The highest BCUT2D eigenvalue weighted by molar-refractivity contribution is 7.98. The fourth-order valence-corrected chi connectivity index (χ4v) is 6.80. The number of nitrogens with one attached hydrogen (secondary N) is 2. The van der Waals surface area contributed by atoms with Crippen molar-refractivity contribution >= 4 is 29.5 Å². The lowest BCUT2D eigenvalue weighted by molar-refractivity contribution is -0.139. The standard InChI is InChI=1S/C34H47N3O4S/c1-24-11-7-8-14-27(24)29-21-26(15-16-28(29)32(38)36-30(34(40)41)17-20-42-2)23-35-31(22-25-12-5-3-6-13-25)33(39)37-18-9-4-10-19-37/h7-8,11,14-16,21,25,30-31,35H,3-6,9-10,12-13,17-20,22-23H2,1-2H3,(H,36,38)(H,40,41)/t30-,31-/m0/s1. The first-order valence-corrected chi connectivity index (χ1v) is 17.0. The van der Waals surface area contributed by atoms with E-state index in [0.29, 0.717) is 30.2 Å². The van der Waals surface area contributed by atoms with E-state index in [1.165, 1.54) is 38.5 Å². The topological polar surface area (TPSA) is 98.7 Å². The number of carbonyl (C=O) groups is 3. The summed E-state index contributed by atoms with van der Waals surface area (Å²) in [4.78, 5) is 41.0. The Labute approximate surface area is 255 Å². The van der Waals surface area contributed by atoms with E-state index < -0.39 is 17.9 Å². The van der Waals surface area contributed by atoms with Crippen molar-refractivity contribution in [3.05, 3.63) is 59.2 Å². The molecule has 2 aromatic carbocycles. The summed E-state index contributed by atoms with van der Waals surface area (Å²) in [6.45, 7) is 4.22. The second kappa shape index (κ2) is 16.1. The highest BCUT2D eigenvalue weighted by Crippen LogP contribution is 2.30. The van der Waals surface area contributed by atoms with Crippen LogP contribution in [0.2, 0.25) is 0 Å². The first-order valence-electron chi connectivity index (χ1n) is 15.6. The van der Waals surface area contributed by atoms with E-state index in [0.717, 1.165) is 54.6 Å². The first kappa shape index (κ1) is 32.1. The molecule has 1 aliphatic heterocycles. The van der Waals surface area contributed by atoms with Gasteiger partial charge in [0.15, 0.2) is 0 Å². The van der Waals surface area contributed by atoms with Crippen LogP contribution in [-0.4, -0.2) is 65.0 Å². The van der Waals surface area contributed by atoms with Gasteiger partial charge in [-0.2, -0.15) is 11.8 Å². The molecule has 2 fully saturated rings. The van der Waals surface area contributed by atoms with Gasteiger partial charge in [0, 0.05) is 25.2 Å². The third-order valence-electron chi connectivity index (χ3n) is 8.79. The van der Waals surface area contributed by atoms with Crippen molar-refractivity contribution in [1.29, 1.82) is 0 Å². The highest BCUT2D eigenvalue weighted by atomic mass is 32.2. The maximum absolute atomic E-state index is 13.7. The molecule has 228 valence electrons. The van der Waals surface area contributed by atoms with Crippen LogP contribution < -0.4 is 10.6 Å². The van der Waals surface area contributed by atoms with Crippen molar-refractivity contribution in [2.24, 2.45) is 5.92 Å². The number of carboxylic acids is 1. The number of rotatable bonds is 13. The molecule has 2 aromatic rings. The second-order valence-electron chi connectivity index (χ2n) is 11.9. The molecule has 0 radical (unpaired) electrons. The number of piperidine rings is 1. The number of carboxylic acid groups (broad SMARTS) is 1. The average molecular weight is 594 g/mol. The third-order valence-corrected chi connectivity index (χ3v) is 9.43. The molecule has 42 heavy (non-hydrogen) atoms. The van der Waals surface area contributed by atoms with Gasteiger partial charge in [-0.1, -0.05) is 62.4 Å². The van der Waals surface area contributed by atoms with Crippen molar-refractivity contribution in [3.63, 3.8) is 0 Å². The van der Waals surface area contributed by atoms with Gasteiger partial charge in [0.25, 0.3) is 5.91 Å². The number of aliphatic carboxylic acids is 1. The Hall–Kier alpha value is -2.84. The van der Waals surface area contributed by atoms with Crippen molar-refractivity contribution in [2.45, 2.75) is 89.8 Å². The number of amides is 2. The van der Waals surface area contributed by atoms with E-state index in [1.54, 1.807) is 17.8 Å². The maximum atomic E-state index is 13.7. The number of aryl methyl sites for hydroxylation is 1. The van der Waals surface area contributed by atoms with Crippen LogP contribution in [0.25, 0.3) is 11.1 Å². The van der Waals surface area contributed by atoms with Gasteiger partial charge in [-0.25, -0.2) is 4.79 Å². The molecule has 3 N–H and O–H groups in total. The maximum Gasteiger partial charge on any atom is 0.326 e. The van der Waals surface area contributed by atoms with Crippen LogP contribution in [0.5, 0.6) is 0 Å². The number of likely N-dealkylation sites (tertiary alicyclic amines) is 1. The van der Waals surface area contributed by atoms with E-state index in [9.17, 15) is 19.5 Å². The minimum atomic E-state index is -1.03. The van der Waals surface area contributed by atoms with Crippen LogP contribution in [0.4, 0.5) is 0 Å². The van der Waals surface area contributed by atoms with E-state index in [-0.39, 0.29) is 11.9 Å². The number of thioether (sulfide) groups is 1. The fourth-order valence-electron chi connectivity index (χ4n) is 6.33. The lowest BCUT2D eigenvalue weighted by atomic mass is 9.84. The predicted octanol–water partition coefficient (Wildman–Crippen LogP) is 6.04. The molecule has 8 heteroatoms. The van der Waals surface area contributed by atoms with E-state index >= 15 is 0 Å². The molecule has 1 heterocycles. The van der Waals surface area contributed by atoms with Crippen LogP contribution in [0.15, 0.2) is 42.5 Å². The molecule has 2 atom stereocenters. The average Bonchev–Trinajstić information content (AvgIpc) is 3.01. The van der Waals surface area contributed by atoms with Gasteiger partial charge in [0.05, 0.1) is 6.04 Å². The van der Waals surface area contributed by atoms with Gasteiger partial charge in [-0.3, -0.25) is 9.59 Å². The van der Waals surface area contributed by atoms with Crippen LogP contribution in [0.1, 0.15) is 85.7 Å². The highest BCUT2D eigenvalue weighted by Gasteiger charge is 2.29. The summed E-state index contributed by atoms with van der Waals surface area (Å²) < 4.78 is 0. The Morgan fingerprint density at radius 2 is 1.67 bits per heavy atom. The SMILES string of the molecule is CSCC[C@H](NC(=O)c1ccc(CN[C@@H](CC2CCCCC2)C(=O)N2CCCCC2)cc1-c1ccccc1C)C(=O)O. The molecule has 4 rings (SSSR count). The van der Waals surface area contributed by atoms with Gasteiger partial charge < -0.3 is 20.6 Å². The Morgan fingerprint density at radius 1 is 0.952 bits per heavy atom. The smallest absolute Gasteiger partial charge is 0.326 e. The zero-order valence-corrected chi connectivity index (χ0v) is 26.0. The summed E-state index contributed by atoms with van der Waals surface area (Å²) >= 11 is 1.55. The molecular weight excluding hydrogens is 546 g/mol. The fraction of sp³-hybridized carbons (Fsp3) is 0.559. The minimum absolute atomic E-state index is 0.219. The van der Waals surface area contributed by atoms with Gasteiger partial charge >= 0.3 is 5.97 Å². The molecular formula is C34H47N3O4S. The molecule has 7 nitrogen and oxygen atoms in total. The zero-order valence-electron chi connectivity index (χ0n) is 25.2. The zero-order chi connectivity index (χ0) is 29.9. The summed E-state index contributed by atoms with van der Waals surface area (Å²) in [6.07, 6.45) is 12.7. The van der Waals surface area contributed by atoms with E-state index in [2.05, 4.69) is 10.6 Å². The minimum Gasteiger partial charge on any atom is -0.480 e. The van der Waals surface area contributed by atoms with Crippen LogP contribution in [0.3, 0.4) is 0 Å². The molecule has 1 saturated heterocycles. The monoisotopic (exact) mass is 593 g/mol. The quantitative estimate of drug-likeness (QED) is 0.262. The van der Waals surface area contributed by atoms with Crippen LogP contribution >= 0.6 is 11.8 Å². The Morgan fingerprint density at radius 3 is 2.36 bits per heavy atom. The van der Waals surface area contributed by atoms with E-state index in [1.807, 2.05) is 54.5 Å². The Bertz CT molecular complexity index is 1210. The first-order chi connectivity index (χ1) is 20.4. The van der Waals surface area contributed by atoms with Gasteiger partial charge in [0.1, 0.15) is 6.04 Å². The largest absolute Gasteiger partial charge is 0.480 e. The molecule has 1 aliphatic carbocycles. The number of carbonyl (C=O) groups excluding carboxylic acids is 2. The van der Waals surface area contributed by atoms with Gasteiger partial charge in [0.2, 0.25) is 5.91 Å². The van der Waals surface area contributed by atoms with Gasteiger partial charge in [-0.15, -0.1) is 0 Å². The third kappa shape index (κ3) is 8.83. The predicted molar refractivity (Wildman–Crippen MR) is 171 cm³/mol. The summed E-state index contributed by atoms with van der Waals surface area (Å²) in [6, 6.07) is 12.5. The van der Waals surface area contributed by atoms with Crippen molar-refractivity contribution in [3.8, 4) is 11.1 Å². The number of hydrogen-bond acceptors (Lipinski definition) is 5. The van der Waals surface area contributed by atoms with Crippen molar-refractivity contribution in [1.82, 2.24) is 15.5 Å². The molecule has 0 unspecified atom stereocenters. The summed E-state index contributed by atoms with van der Waals surface area (Å²) in [5.74, 6) is 0.0204. The number of benzene rings is 2. The molecule has 2 aliphatic rings. The number of hydrogen-bond donors (Lipinski definition) is 3. The molecule has 0 bridgehead atoms. The number of nitrogens with zero attached hydrogens (tertiary/aromatic N) is 1. The van der Waals surface area contributed by atoms with Crippen molar-refractivity contribution in [2.75, 3.05) is 25.1 Å². The van der Waals surface area contributed by atoms with Crippen molar-refractivity contribution < 1.29 is 19.5 Å². The normalized spacial score (nSPS) is 17.4. The summed E-state index contributed by atoms with van der Waals surface area (Å²) in [5, 5.41) is 16.1. The lowest BCUT2D eigenvalue weighted by Crippen LogP contribution is -2.49. The van der Waals surface area contributed by atoms with Gasteiger partial charge in [-0.05, 0) is 91.3 Å². The molecule has 2 amide bonds.